The highest BCUT2D eigenvalue weighted by atomic mass is 32.1. The van der Waals surface area contributed by atoms with Crippen molar-refractivity contribution in [2.45, 2.75) is 13.0 Å². The molecule has 5 heteroatoms. The third-order valence-electron chi connectivity index (χ3n) is 1.97. The Bertz CT molecular complexity index is 472. The first-order valence-corrected chi connectivity index (χ1v) is 5.26. The summed E-state index contributed by atoms with van der Waals surface area (Å²) in [5.74, 6) is -0.516. The van der Waals surface area contributed by atoms with Crippen LogP contribution < -0.4 is 0 Å². The van der Waals surface area contributed by atoms with E-state index in [9.17, 15) is 9.50 Å². The van der Waals surface area contributed by atoms with E-state index in [1.165, 1.54) is 23.6 Å². The van der Waals surface area contributed by atoms with Crippen LogP contribution in [0.2, 0.25) is 0 Å². The average molecular weight is 224 g/mol. The Labute approximate surface area is 90.3 Å². The van der Waals surface area contributed by atoms with Crippen LogP contribution in [0, 0.1) is 12.7 Å². The Balaban J connectivity index is 2.36. The molecule has 2 heterocycles. The molecular formula is C10H9FN2OS. The summed E-state index contributed by atoms with van der Waals surface area (Å²) < 4.78 is 13.3. The van der Waals surface area contributed by atoms with Crippen LogP contribution in [-0.4, -0.2) is 15.1 Å². The van der Waals surface area contributed by atoms with E-state index >= 15 is 0 Å². The van der Waals surface area contributed by atoms with E-state index in [0.717, 1.165) is 11.9 Å². The number of halogens is 1. The fraction of sp³-hybridized carbons (Fsp3) is 0.200. The topological polar surface area (TPSA) is 46.0 Å². The summed E-state index contributed by atoms with van der Waals surface area (Å²) >= 11 is 1.31. The van der Waals surface area contributed by atoms with E-state index < -0.39 is 11.9 Å². The normalized spacial score (nSPS) is 12.7. The van der Waals surface area contributed by atoms with Crippen molar-refractivity contribution in [3.05, 3.63) is 45.9 Å². The highest BCUT2D eigenvalue weighted by molar-refractivity contribution is 7.09. The lowest BCUT2D eigenvalue weighted by Crippen LogP contribution is -2.02. The number of nitrogens with zero attached hydrogens (tertiary/aromatic N) is 2. The summed E-state index contributed by atoms with van der Waals surface area (Å²) in [7, 11) is 0. The minimum atomic E-state index is -1.01. The Hall–Kier alpha value is -1.33. The smallest absolute Gasteiger partial charge is 0.147 e. The molecule has 2 aromatic heterocycles. The van der Waals surface area contributed by atoms with Gasteiger partial charge in [-0.2, -0.15) is 0 Å². The Kier molecular flexibility index (Phi) is 2.75. The van der Waals surface area contributed by atoms with Gasteiger partial charge in [0.1, 0.15) is 16.9 Å². The van der Waals surface area contributed by atoms with E-state index in [1.54, 1.807) is 0 Å². The first kappa shape index (κ1) is 10.2. The molecule has 0 aliphatic carbocycles. The van der Waals surface area contributed by atoms with E-state index in [2.05, 4.69) is 9.97 Å². The SMILES string of the molecule is Cc1csc(C(O)c2ccncc2F)n1. The molecule has 1 unspecified atom stereocenters. The van der Waals surface area contributed by atoms with E-state index in [1.807, 2.05) is 12.3 Å². The Morgan fingerprint density at radius 2 is 2.33 bits per heavy atom. The molecule has 0 saturated heterocycles. The maximum Gasteiger partial charge on any atom is 0.147 e. The second kappa shape index (κ2) is 4.04. The molecule has 2 aromatic rings. The molecule has 0 amide bonds. The number of hydrogen-bond acceptors (Lipinski definition) is 4. The van der Waals surface area contributed by atoms with Crippen LogP contribution in [0.25, 0.3) is 0 Å². The highest BCUT2D eigenvalue weighted by Crippen LogP contribution is 2.25. The lowest BCUT2D eigenvalue weighted by molar-refractivity contribution is 0.214. The number of rotatable bonds is 2. The predicted molar refractivity (Wildman–Crippen MR) is 55.1 cm³/mol. The second-order valence-electron chi connectivity index (χ2n) is 3.13. The van der Waals surface area contributed by atoms with E-state index in [-0.39, 0.29) is 5.56 Å². The van der Waals surface area contributed by atoms with Gasteiger partial charge >= 0.3 is 0 Å². The number of aryl methyl sites for hydroxylation is 1. The molecular weight excluding hydrogens is 215 g/mol. The molecule has 0 radical (unpaired) electrons. The van der Waals surface area contributed by atoms with Crippen molar-refractivity contribution < 1.29 is 9.50 Å². The maximum absolute atomic E-state index is 13.3. The molecule has 0 saturated carbocycles. The fourth-order valence-corrected chi connectivity index (χ4v) is 2.04. The average Bonchev–Trinajstić information content (AvgIpc) is 2.65. The summed E-state index contributed by atoms with van der Waals surface area (Å²) in [4.78, 5) is 7.73. The second-order valence-corrected chi connectivity index (χ2v) is 4.02. The number of hydrogen-bond donors (Lipinski definition) is 1. The standard InChI is InChI=1S/C10H9FN2OS/c1-6-5-15-10(13-6)9(14)7-2-3-12-4-8(7)11/h2-5,9,14H,1H3. The molecule has 1 N–H and O–H groups in total. The van der Waals surface area contributed by atoms with Gasteiger partial charge in [0.05, 0.1) is 6.20 Å². The van der Waals surface area contributed by atoms with Crippen LogP contribution >= 0.6 is 11.3 Å². The van der Waals surface area contributed by atoms with Crippen molar-refractivity contribution >= 4 is 11.3 Å². The fourth-order valence-electron chi connectivity index (χ4n) is 1.24. The number of aliphatic hydroxyl groups excluding tert-OH is 1. The number of aliphatic hydroxyl groups is 1. The van der Waals surface area contributed by atoms with Gasteiger partial charge in [-0.15, -0.1) is 11.3 Å². The number of thiazole rings is 1. The van der Waals surface area contributed by atoms with Gasteiger partial charge in [-0.25, -0.2) is 9.37 Å². The summed E-state index contributed by atoms with van der Waals surface area (Å²) in [6.07, 6.45) is 1.52. The summed E-state index contributed by atoms with van der Waals surface area (Å²) in [5.41, 5.74) is 1.03. The maximum atomic E-state index is 13.3. The largest absolute Gasteiger partial charge is 0.381 e. The first-order valence-electron chi connectivity index (χ1n) is 4.38. The summed E-state index contributed by atoms with van der Waals surface area (Å²) in [6.45, 7) is 1.83. The molecule has 0 fully saturated rings. The van der Waals surface area contributed by atoms with Crippen LogP contribution in [0.4, 0.5) is 4.39 Å². The lowest BCUT2D eigenvalue weighted by atomic mass is 10.1. The van der Waals surface area contributed by atoms with E-state index in [0.29, 0.717) is 5.01 Å². The van der Waals surface area contributed by atoms with Crippen molar-refractivity contribution in [3.8, 4) is 0 Å². The van der Waals surface area contributed by atoms with Crippen molar-refractivity contribution in [1.82, 2.24) is 9.97 Å². The Morgan fingerprint density at radius 1 is 1.53 bits per heavy atom. The number of pyridine rings is 1. The van der Waals surface area contributed by atoms with Gasteiger partial charge in [-0.1, -0.05) is 0 Å². The molecule has 0 aliphatic heterocycles. The summed E-state index contributed by atoms with van der Waals surface area (Å²) in [5, 5.41) is 12.2. The Morgan fingerprint density at radius 3 is 2.93 bits per heavy atom. The van der Waals surface area contributed by atoms with Gasteiger partial charge in [0.2, 0.25) is 0 Å². The first-order chi connectivity index (χ1) is 7.18. The van der Waals surface area contributed by atoms with Gasteiger partial charge < -0.3 is 5.11 Å². The predicted octanol–water partition coefficient (Wildman–Crippen LogP) is 2.07. The molecule has 2 rings (SSSR count). The zero-order valence-electron chi connectivity index (χ0n) is 8.01. The lowest BCUT2D eigenvalue weighted by Gasteiger charge is -2.07. The minimum Gasteiger partial charge on any atom is -0.381 e. The van der Waals surface area contributed by atoms with Gasteiger partial charge in [0.25, 0.3) is 0 Å². The quantitative estimate of drug-likeness (QED) is 0.849. The van der Waals surface area contributed by atoms with Crippen molar-refractivity contribution in [1.29, 1.82) is 0 Å². The molecule has 0 aromatic carbocycles. The molecule has 0 bridgehead atoms. The van der Waals surface area contributed by atoms with Crippen LogP contribution in [0.3, 0.4) is 0 Å². The molecule has 78 valence electrons. The summed E-state index contributed by atoms with van der Waals surface area (Å²) in [6, 6.07) is 1.46. The molecule has 3 nitrogen and oxygen atoms in total. The van der Waals surface area contributed by atoms with Crippen LogP contribution in [0.5, 0.6) is 0 Å². The third-order valence-corrected chi connectivity index (χ3v) is 2.98. The van der Waals surface area contributed by atoms with E-state index in [4.69, 9.17) is 0 Å². The van der Waals surface area contributed by atoms with Crippen molar-refractivity contribution in [2.24, 2.45) is 0 Å². The van der Waals surface area contributed by atoms with Crippen molar-refractivity contribution in [3.63, 3.8) is 0 Å². The highest BCUT2D eigenvalue weighted by Gasteiger charge is 2.17. The monoisotopic (exact) mass is 224 g/mol. The van der Waals surface area contributed by atoms with Crippen molar-refractivity contribution in [2.75, 3.05) is 0 Å². The van der Waals surface area contributed by atoms with Gasteiger partial charge in [-0.05, 0) is 13.0 Å². The minimum absolute atomic E-state index is 0.208. The third kappa shape index (κ3) is 2.03. The zero-order chi connectivity index (χ0) is 10.8. The van der Waals surface area contributed by atoms with Gasteiger partial charge in [0.15, 0.2) is 0 Å². The molecule has 15 heavy (non-hydrogen) atoms. The van der Waals surface area contributed by atoms with Gasteiger partial charge in [-0.3, -0.25) is 4.98 Å². The van der Waals surface area contributed by atoms with Crippen LogP contribution in [0.15, 0.2) is 23.8 Å². The van der Waals surface area contributed by atoms with Gasteiger partial charge in [0, 0.05) is 22.8 Å². The molecule has 0 aliphatic rings. The zero-order valence-corrected chi connectivity index (χ0v) is 8.83. The molecule has 0 spiro atoms. The van der Waals surface area contributed by atoms with Crippen LogP contribution in [-0.2, 0) is 0 Å². The molecule has 1 atom stereocenters. The van der Waals surface area contributed by atoms with Crippen LogP contribution in [0.1, 0.15) is 22.4 Å². The number of aromatic nitrogens is 2.